The van der Waals surface area contributed by atoms with Gasteiger partial charge >= 0.3 is 0 Å². The van der Waals surface area contributed by atoms with Crippen LogP contribution in [0.4, 0.5) is 10.1 Å². The lowest BCUT2D eigenvalue weighted by Gasteiger charge is -2.26. The molecular formula is C24H15Cl3FNO4. The average molecular weight is 507 g/mol. The predicted molar refractivity (Wildman–Crippen MR) is 126 cm³/mol. The van der Waals surface area contributed by atoms with Crippen molar-refractivity contribution < 1.29 is 23.8 Å². The Kier molecular flexibility index (Phi) is 6.34. The first-order valence-electron chi connectivity index (χ1n) is 9.58. The Hall–Kier alpha value is -3.06. The van der Waals surface area contributed by atoms with Crippen molar-refractivity contribution in [3.05, 3.63) is 98.2 Å². The molecular weight excluding hydrogens is 492 g/mol. The van der Waals surface area contributed by atoms with Crippen LogP contribution in [0.5, 0.6) is 5.75 Å². The average Bonchev–Trinajstić information content (AvgIpc) is 3.03. The summed E-state index contributed by atoms with van der Waals surface area (Å²) in [6, 6.07) is 13.1. The largest absolute Gasteiger partial charge is 0.507 e. The van der Waals surface area contributed by atoms with E-state index in [1.165, 1.54) is 61.7 Å². The summed E-state index contributed by atoms with van der Waals surface area (Å²) in [7, 11) is 1.43. The maximum Gasteiger partial charge on any atom is 0.300 e. The van der Waals surface area contributed by atoms with Crippen molar-refractivity contribution in [3.63, 3.8) is 0 Å². The molecule has 33 heavy (non-hydrogen) atoms. The van der Waals surface area contributed by atoms with Crippen LogP contribution in [0.25, 0.3) is 5.76 Å². The monoisotopic (exact) mass is 505 g/mol. The number of halogens is 4. The molecule has 0 spiro atoms. The predicted octanol–water partition coefficient (Wildman–Crippen LogP) is 6.42. The van der Waals surface area contributed by atoms with E-state index >= 15 is 0 Å². The van der Waals surface area contributed by atoms with Crippen molar-refractivity contribution in [2.45, 2.75) is 6.04 Å². The first-order valence-corrected chi connectivity index (χ1v) is 10.7. The van der Waals surface area contributed by atoms with Gasteiger partial charge in [0.25, 0.3) is 11.7 Å². The quantitative estimate of drug-likeness (QED) is 0.252. The SMILES string of the molecule is COc1ccc(/C(O)=C2\C(=O)C(=O)N(c3cc(Cl)cc(Cl)c3)C2c2ccccc2F)cc1Cl. The van der Waals surface area contributed by atoms with Gasteiger partial charge in [-0.05, 0) is 42.5 Å². The zero-order valence-corrected chi connectivity index (χ0v) is 19.2. The van der Waals surface area contributed by atoms with Gasteiger partial charge in [0.2, 0.25) is 0 Å². The van der Waals surface area contributed by atoms with E-state index in [0.717, 1.165) is 4.90 Å². The molecule has 0 aliphatic carbocycles. The Morgan fingerprint density at radius 2 is 1.67 bits per heavy atom. The summed E-state index contributed by atoms with van der Waals surface area (Å²) >= 11 is 18.4. The van der Waals surface area contributed by atoms with Gasteiger partial charge in [-0.2, -0.15) is 0 Å². The fourth-order valence-electron chi connectivity index (χ4n) is 3.74. The number of hydrogen-bond donors (Lipinski definition) is 1. The smallest absolute Gasteiger partial charge is 0.300 e. The van der Waals surface area contributed by atoms with Gasteiger partial charge in [0.1, 0.15) is 17.3 Å². The van der Waals surface area contributed by atoms with E-state index in [2.05, 4.69) is 0 Å². The van der Waals surface area contributed by atoms with Crippen molar-refractivity contribution in [2.24, 2.45) is 0 Å². The summed E-state index contributed by atoms with van der Waals surface area (Å²) in [5.41, 5.74) is 0.0373. The molecule has 3 aromatic carbocycles. The van der Waals surface area contributed by atoms with Crippen LogP contribution in [0, 0.1) is 5.82 Å². The van der Waals surface area contributed by atoms with Gasteiger partial charge in [-0.15, -0.1) is 0 Å². The minimum absolute atomic E-state index is 0.00829. The van der Waals surface area contributed by atoms with Crippen LogP contribution in [0.3, 0.4) is 0 Å². The number of carbonyl (C=O) groups excluding carboxylic acids is 2. The highest BCUT2D eigenvalue weighted by molar-refractivity contribution is 6.52. The molecule has 0 radical (unpaired) electrons. The number of benzene rings is 3. The third-order valence-corrected chi connectivity index (χ3v) is 5.93. The van der Waals surface area contributed by atoms with E-state index in [-0.39, 0.29) is 37.5 Å². The highest BCUT2D eigenvalue weighted by atomic mass is 35.5. The number of aliphatic hydroxyl groups excluding tert-OH is 1. The second kappa shape index (κ2) is 9.06. The van der Waals surface area contributed by atoms with Crippen LogP contribution < -0.4 is 9.64 Å². The van der Waals surface area contributed by atoms with Gasteiger partial charge in [-0.1, -0.05) is 53.0 Å². The van der Waals surface area contributed by atoms with Crippen molar-refractivity contribution in [2.75, 3.05) is 12.0 Å². The molecule has 5 nitrogen and oxygen atoms in total. The molecule has 1 N–H and O–H groups in total. The summed E-state index contributed by atoms with van der Waals surface area (Å²) in [6.07, 6.45) is 0. The van der Waals surface area contributed by atoms with Crippen LogP contribution in [0.15, 0.2) is 66.2 Å². The molecule has 1 heterocycles. The van der Waals surface area contributed by atoms with E-state index in [4.69, 9.17) is 39.5 Å². The second-order valence-electron chi connectivity index (χ2n) is 7.17. The summed E-state index contributed by atoms with van der Waals surface area (Å²) in [6.45, 7) is 0. The summed E-state index contributed by atoms with van der Waals surface area (Å²) < 4.78 is 20.0. The van der Waals surface area contributed by atoms with Gasteiger partial charge in [-0.25, -0.2) is 4.39 Å². The standard InChI is InChI=1S/C24H15Cl3FNO4/c1-33-19-7-6-12(8-17(19)27)22(30)20-21(16-4-2-3-5-18(16)28)29(24(32)23(20)31)15-10-13(25)9-14(26)11-15/h2-11,21,30H,1H3/b22-20+. The van der Waals surface area contributed by atoms with Crippen LogP contribution in [-0.2, 0) is 9.59 Å². The Morgan fingerprint density at radius 3 is 2.27 bits per heavy atom. The number of carbonyl (C=O) groups is 2. The molecule has 0 bridgehead atoms. The van der Waals surface area contributed by atoms with Crippen molar-refractivity contribution in [1.82, 2.24) is 0 Å². The lowest BCUT2D eigenvalue weighted by molar-refractivity contribution is -0.132. The van der Waals surface area contributed by atoms with Gasteiger partial charge in [0.05, 0.1) is 23.7 Å². The topological polar surface area (TPSA) is 66.8 Å². The number of hydrogen-bond acceptors (Lipinski definition) is 4. The Bertz CT molecular complexity index is 1300. The molecule has 4 rings (SSSR count). The Balaban J connectivity index is 1.98. The number of aliphatic hydroxyl groups is 1. The summed E-state index contributed by atoms with van der Waals surface area (Å²) in [4.78, 5) is 27.3. The zero-order valence-electron chi connectivity index (χ0n) is 17.0. The number of rotatable bonds is 4. The minimum Gasteiger partial charge on any atom is -0.507 e. The van der Waals surface area contributed by atoms with E-state index in [1.54, 1.807) is 6.07 Å². The van der Waals surface area contributed by atoms with E-state index in [0.29, 0.717) is 5.75 Å². The molecule has 0 saturated carbocycles. The third-order valence-electron chi connectivity index (χ3n) is 5.19. The normalized spacial score (nSPS) is 17.5. The van der Waals surface area contributed by atoms with E-state index < -0.39 is 29.3 Å². The number of methoxy groups -OCH3 is 1. The van der Waals surface area contributed by atoms with E-state index in [9.17, 15) is 19.1 Å². The lowest BCUT2D eigenvalue weighted by Crippen LogP contribution is -2.29. The van der Waals surface area contributed by atoms with Crippen LogP contribution >= 0.6 is 34.8 Å². The molecule has 0 aromatic heterocycles. The second-order valence-corrected chi connectivity index (χ2v) is 8.45. The molecule has 3 aromatic rings. The Labute approximate surface area is 203 Å². The fourth-order valence-corrected chi connectivity index (χ4v) is 4.51. The lowest BCUT2D eigenvalue weighted by atomic mass is 9.94. The number of ketones is 1. The molecule has 1 saturated heterocycles. The van der Waals surface area contributed by atoms with Crippen molar-refractivity contribution >= 4 is 57.9 Å². The number of amides is 1. The van der Waals surface area contributed by atoms with Crippen molar-refractivity contribution in [3.8, 4) is 5.75 Å². The van der Waals surface area contributed by atoms with Crippen LogP contribution in [0.2, 0.25) is 15.1 Å². The molecule has 168 valence electrons. The first-order chi connectivity index (χ1) is 15.7. The summed E-state index contributed by atoms with van der Waals surface area (Å²) in [5.74, 6) is -2.79. The molecule has 1 aliphatic heterocycles. The number of Topliss-reactive ketones (excluding diaryl/α,β-unsaturated/α-hetero) is 1. The Morgan fingerprint density at radius 1 is 1.00 bits per heavy atom. The molecule has 1 unspecified atom stereocenters. The molecule has 1 aliphatic rings. The maximum absolute atomic E-state index is 14.9. The molecule has 1 amide bonds. The highest BCUT2D eigenvalue weighted by Crippen LogP contribution is 2.44. The van der Waals surface area contributed by atoms with Gasteiger partial charge in [-0.3, -0.25) is 14.5 Å². The van der Waals surface area contributed by atoms with E-state index in [1.807, 2.05) is 0 Å². The molecule has 1 fully saturated rings. The fraction of sp³-hybridized carbons (Fsp3) is 0.0833. The summed E-state index contributed by atoms with van der Waals surface area (Å²) in [5, 5.41) is 11.7. The third kappa shape index (κ3) is 4.17. The van der Waals surface area contributed by atoms with Crippen molar-refractivity contribution in [1.29, 1.82) is 0 Å². The molecule has 1 atom stereocenters. The van der Waals surface area contributed by atoms with Gasteiger partial charge < -0.3 is 9.84 Å². The van der Waals surface area contributed by atoms with Crippen LogP contribution in [0.1, 0.15) is 17.2 Å². The molecule has 9 heteroatoms. The number of nitrogens with zero attached hydrogens (tertiary/aromatic N) is 1. The minimum atomic E-state index is -1.28. The van der Waals surface area contributed by atoms with Gasteiger partial charge in [0.15, 0.2) is 0 Å². The van der Waals surface area contributed by atoms with Gasteiger partial charge in [0, 0.05) is 26.9 Å². The maximum atomic E-state index is 14.9. The zero-order chi connectivity index (χ0) is 23.9. The van der Waals surface area contributed by atoms with Crippen LogP contribution in [-0.4, -0.2) is 23.9 Å². The first kappa shape index (κ1) is 23.1. The number of anilines is 1. The highest BCUT2D eigenvalue weighted by Gasteiger charge is 2.48. The number of ether oxygens (including phenoxy) is 1.